The molecular weight excluding hydrogens is 284 g/mol. The molecule has 1 heterocycles. The molecule has 0 radical (unpaired) electrons. The van der Waals surface area contributed by atoms with E-state index in [1.165, 1.54) is 6.20 Å². The van der Waals surface area contributed by atoms with Gasteiger partial charge in [0.2, 0.25) is 0 Å². The van der Waals surface area contributed by atoms with E-state index in [2.05, 4.69) is 15.3 Å². The number of carbonyl (C=O) groups excluding carboxylic acids is 2. The van der Waals surface area contributed by atoms with E-state index >= 15 is 0 Å². The fourth-order valence-corrected chi connectivity index (χ4v) is 1.79. The van der Waals surface area contributed by atoms with E-state index in [1.54, 1.807) is 38.1 Å². The fourth-order valence-electron chi connectivity index (χ4n) is 1.79. The largest absolute Gasteiger partial charge is 0.484 e. The Kier molecular flexibility index (Phi) is 4.67. The highest BCUT2D eigenvalue weighted by Crippen LogP contribution is 2.16. The zero-order valence-electron chi connectivity index (χ0n) is 12.3. The normalized spacial score (nSPS) is 10.1. The molecule has 3 N–H and O–H groups in total. The van der Waals surface area contributed by atoms with Gasteiger partial charge >= 0.3 is 0 Å². The summed E-state index contributed by atoms with van der Waals surface area (Å²) in [7, 11) is 0. The lowest BCUT2D eigenvalue weighted by molar-refractivity contribution is -0.119. The number of nitrogens with one attached hydrogen (secondary N) is 1. The predicted octanol–water partition coefficient (Wildman–Crippen LogP) is 1.21. The van der Waals surface area contributed by atoms with Gasteiger partial charge in [0.15, 0.2) is 6.61 Å². The molecule has 0 fully saturated rings. The summed E-state index contributed by atoms with van der Waals surface area (Å²) < 4.78 is 5.14. The average molecular weight is 300 g/mol. The van der Waals surface area contributed by atoms with E-state index in [4.69, 9.17) is 10.5 Å². The van der Waals surface area contributed by atoms with Crippen LogP contribution in [0, 0.1) is 13.8 Å². The van der Waals surface area contributed by atoms with Gasteiger partial charge in [-0.2, -0.15) is 0 Å². The number of rotatable bonds is 5. The summed E-state index contributed by atoms with van der Waals surface area (Å²) in [5.74, 6) is 0.271. The van der Waals surface area contributed by atoms with Crippen molar-refractivity contribution < 1.29 is 14.3 Å². The van der Waals surface area contributed by atoms with Crippen LogP contribution in [0.3, 0.4) is 0 Å². The minimum atomic E-state index is -0.549. The first-order valence-electron chi connectivity index (χ1n) is 6.58. The van der Waals surface area contributed by atoms with E-state index in [9.17, 15) is 9.59 Å². The van der Waals surface area contributed by atoms with Crippen molar-refractivity contribution in [3.8, 4) is 5.75 Å². The zero-order chi connectivity index (χ0) is 16.1. The van der Waals surface area contributed by atoms with Crippen LogP contribution in [0.5, 0.6) is 5.75 Å². The van der Waals surface area contributed by atoms with Crippen LogP contribution in [0.4, 0.5) is 5.69 Å². The summed E-state index contributed by atoms with van der Waals surface area (Å²) in [4.78, 5) is 31.0. The van der Waals surface area contributed by atoms with Gasteiger partial charge in [0.25, 0.3) is 11.8 Å². The zero-order valence-corrected chi connectivity index (χ0v) is 12.3. The number of benzene rings is 1. The maximum Gasteiger partial charge on any atom is 0.259 e. The van der Waals surface area contributed by atoms with Gasteiger partial charge in [-0.1, -0.05) is 0 Å². The third-order valence-electron chi connectivity index (χ3n) is 2.84. The summed E-state index contributed by atoms with van der Waals surface area (Å²) in [6.07, 6.45) is 1.50. The smallest absolute Gasteiger partial charge is 0.259 e. The number of anilines is 1. The fraction of sp³-hybridized carbons (Fsp3) is 0.200. The summed E-state index contributed by atoms with van der Waals surface area (Å²) in [5, 5.41) is 2.74. The molecule has 0 atom stereocenters. The van der Waals surface area contributed by atoms with Crippen molar-refractivity contribution in [1.29, 1.82) is 0 Å². The summed E-state index contributed by atoms with van der Waals surface area (Å²) in [5.41, 5.74) is 6.62. The van der Waals surface area contributed by atoms with E-state index in [0.717, 1.165) is 0 Å². The quantitative estimate of drug-likeness (QED) is 0.863. The number of ether oxygens (including phenoxy) is 1. The van der Waals surface area contributed by atoms with Gasteiger partial charge < -0.3 is 15.8 Å². The summed E-state index contributed by atoms with van der Waals surface area (Å²) >= 11 is 0. The highest BCUT2D eigenvalue weighted by molar-refractivity contribution is 6.04. The van der Waals surface area contributed by atoms with Crippen LogP contribution < -0.4 is 15.8 Å². The molecule has 0 saturated carbocycles. The Bertz CT molecular complexity index is 698. The number of aryl methyl sites for hydroxylation is 2. The number of carbonyl (C=O) groups is 2. The second kappa shape index (κ2) is 6.66. The minimum Gasteiger partial charge on any atom is -0.484 e. The molecule has 22 heavy (non-hydrogen) atoms. The van der Waals surface area contributed by atoms with Crippen LogP contribution in [0.2, 0.25) is 0 Å². The van der Waals surface area contributed by atoms with Crippen molar-refractivity contribution in [2.75, 3.05) is 11.9 Å². The first-order chi connectivity index (χ1) is 10.5. The molecule has 0 aliphatic rings. The van der Waals surface area contributed by atoms with Gasteiger partial charge in [-0.05, 0) is 38.1 Å². The molecule has 0 aliphatic heterocycles. The van der Waals surface area contributed by atoms with Gasteiger partial charge in [-0.15, -0.1) is 0 Å². The van der Waals surface area contributed by atoms with Crippen molar-refractivity contribution in [1.82, 2.24) is 9.97 Å². The van der Waals surface area contributed by atoms with Gasteiger partial charge in [0, 0.05) is 11.9 Å². The SMILES string of the molecule is Cc1ncc(C(=O)Nc2ccc(OCC(N)=O)cc2)c(C)n1. The van der Waals surface area contributed by atoms with Crippen LogP contribution in [-0.2, 0) is 4.79 Å². The maximum atomic E-state index is 12.2. The van der Waals surface area contributed by atoms with Crippen LogP contribution in [0.25, 0.3) is 0 Å². The van der Waals surface area contributed by atoms with E-state index in [0.29, 0.717) is 28.5 Å². The highest BCUT2D eigenvalue weighted by atomic mass is 16.5. The highest BCUT2D eigenvalue weighted by Gasteiger charge is 2.11. The number of nitrogens with zero attached hydrogens (tertiary/aromatic N) is 2. The third kappa shape index (κ3) is 4.02. The molecule has 0 saturated heterocycles. The Hall–Kier alpha value is -2.96. The topological polar surface area (TPSA) is 107 Å². The molecule has 1 aromatic heterocycles. The number of nitrogens with two attached hydrogens (primary N) is 1. The molecule has 7 nitrogen and oxygen atoms in total. The number of hydrogen-bond donors (Lipinski definition) is 2. The van der Waals surface area contributed by atoms with Crippen molar-refractivity contribution in [3.05, 3.63) is 47.5 Å². The van der Waals surface area contributed by atoms with Crippen LogP contribution >= 0.6 is 0 Å². The van der Waals surface area contributed by atoms with Crippen LogP contribution in [-0.4, -0.2) is 28.4 Å². The molecule has 114 valence electrons. The van der Waals surface area contributed by atoms with Crippen LogP contribution in [0.1, 0.15) is 21.9 Å². The number of primary amides is 1. The average Bonchev–Trinajstić information content (AvgIpc) is 2.46. The van der Waals surface area contributed by atoms with Gasteiger partial charge in [0.1, 0.15) is 11.6 Å². The molecule has 0 spiro atoms. The Morgan fingerprint density at radius 3 is 2.50 bits per heavy atom. The minimum absolute atomic E-state index is 0.189. The number of aromatic nitrogens is 2. The molecule has 2 amide bonds. The second-order valence-electron chi connectivity index (χ2n) is 4.65. The predicted molar refractivity (Wildman–Crippen MR) is 80.6 cm³/mol. The molecule has 0 aliphatic carbocycles. The van der Waals surface area contributed by atoms with E-state index in [1.807, 2.05) is 0 Å². The second-order valence-corrected chi connectivity index (χ2v) is 4.65. The molecule has 2 rings (SSSR count). The van der Waals surface area contributed by atoms with Gasteiger partial charge in [0.05, 0.1) is 11.3 Å². The molecule has 0 unspecified atom stereocenters. The third-order valence-corrected chi connectivity index (χ3v) is 2.84. The molecule has 0 bridgehead atoms. The lowest BCUT2D eigenvalue weighted by atomic mass is 10.2. The van der Waals surface area contributed by atoms with Crippen molar-refractivity contribution >= 4 is 17.5 Å². The summed E-state index contributed by atoms with van der Waals surface area (Å²) in [6, 6.07) is 6.60. The number of hydrogen-bond acceptors (Lipinski definition) is 5. The monoisotopic (exact) mass is 300 g/mol. The first-order valence-corrected chi connectivity index (χ1v) is 6.58. The maximum absolute atomic E-state index is 12.2. The Morgan fingerprint density at radius 1 is 1.23 bits per heavy atom. The van der Waals surface area contributed by atoms with Crippen molar-refractivity contribution in [2.24, 2.45) is 5.73 Å². The Labute approximate surface area is 127 Å². The Balaban J connectivity index is 2.04. The molecular formula is C15H16N4O3. The van der Waals surface area contributed by atoms with Crippen molar-refractivity contribution in [2.45, 2.75) is 13.8 Å². The lowest BCUT2D eigenvalue weighted by Crippen LogP contribution is -2.20. The van der Waals surface area contributed by atoms with Crippen LogP contribution in [0.15, 0.2) is 30.5 Å². The number of amides is 2. The molecule has 7 heteroatoms. The molecule has 2 aromatic rings. The standard InChI is InChI=1S/C15H16N4O3/c1-9-13(7-17-10(2)18-9)15(21)19-11-3-5-12(6-4-11)22-8-14(16)20/h3-7H,8H2,1-2H3,(H2,16,20)(H,19,21). The van der Waals surface area contributed by atoms with Crippen molar-refractivity contribution in [3.63, 3.8) is 0 Å². The Morgan fingerprint density at radius 2 is 1.91 bits per heavy atom. The van der Waals surface area contributed by atoms with E-state index in [-0.39, 0.29) is 12.5 Å². The van der Waals surface area contributed by atoms with Gasteiger partial charge in [-0.3, -0.25) is 9.59 Å². The molecule has 1 aromatic carbocycles. The summed E-state index contributed by atoms with van der Waals surface area (Å²) in [6.45, 7) is 3.33. The first kappa shape index (κ1) is 15.4. The van der Waals surface area contributed by atoms with Gasteiger partial charge in [-0.25, -0.2) is 9.97 Å². The lowest BCUT2D eigenvalue weighted by Gasteiger charge is -2.08. The van der Waals surface area contributed by atoms with E-state index < -0.39 is 5.91 Å².